The van der Waals surface area contributed by atoms with Gasteiger partial charge in [0.15, 0.2) is 0 Å². The number of nitrogens with zero attached hydrogens (tertiary/aromatic N) is 1. The van der Waals surface area contributed by atoms with E-state index in [0.717, 1.165) is 27.7 Å². The fraction of sp³-hybridized carbons (Fsp3) is 0.176. The van der Waals surface area contributed by atoms with E-state index in [4.69, 9.17) is 16.3 Å². The molecule has 5 nitrogen and oxygen atoms in total. The standard InChI is InChI=1S/C17H15ClN2O3/c1-10-17(11-3-6-15(21)19-8-11)13-7-12(18)4-5-14(13)20(10)9-16(22)23-2/h3-8H,9H2,1-2H3,(H,19,21). The Morgan fingerprint density at radius 1 is 1.30 bits per heavy atom. The maximum absolute atomic E-state index is 11.7. The van der Waals surface area contributed by atoms with Crippen molar-refractivity contribution < 1.29 is 9.53 Å². The molecule has 1 N–H and O–H groups in total. The highest BCUT2D eigenvalue weighted by Crippen LogP contribution is 2.35. The van der Waals surface area contributed by atoms with Crippen LogP contribution in [0.25, 0.3) is 22.0 Å². The number of H-pyrrole nitrogens is 1. The second kappa shape index (κ2) is 5.93. The van der Waals surface area contributed by atoms with E-state index < -0.39 is 0 Å². The van der Waals surface area contributed by atoms with Gasteiger partial charge in [0.25, 0.3) is 0 Å². The third-order valence-electron chi connectivity index (χ3n) is 3.87. The first-order chi connectivity index (χ1) is 11.0. The highest BCUT2D eigenvalue weighted by atomic mass is 35.5. The largest absolute Gasteiger partial charge is 0.468 e. The first-order valence-corrected chi connectivity index (χ1v) is 7.43. The van der Waals surface area contributed by atoms with Gasteiger partial charge in [-0.2, -0.15) is 0 Å². The summed E-state index contributed by atoms with van der Waals surface area (Å²) in [5, 5.41) is 1.53. The Bertz CT molecular complexity index is 936. The third-order valence-corrected chi connectivity index (χ3v) is 4.11. The molecule has 0 fully saturated rings. The van der Waals surface area contributed by atoms with Crippen LogP contribution < -0.4 is 5.56 Å². The summed E-state index contributed by atoms with van der Waals surface area (Å²) in [5.41, 5.74) is 3.42. The molecule has 2 heterocycles. The number of hydrogen-bond donors (Lipinski definition) is 1. The minimum atomic E-state index is -0.326. The van der Waals surface area contributed by atoms with Gasteiger partial charge < -0.3 is 14.3 Å². The highest BCUT2D eigenvalue weighted by Gasteiger charge is 2.18. The highest BCUT2D eigenvalue weighted by molar-refractivity contribution is 6.31. The molecule has 0 bridgehead atoms. The van der Waals surface area contributed by atoms with Crippen molar-refractivity contribution in [1.29, 1.82) is 0 Å². The number of aromatic nitrogens is 2. The van der Waals surface area contributed by atoms with Gasteiger partial charge in [-0.15, -0.1) is 0 Å². The zero-order chi connectivity index (χ0) is 16.6. The van der Waals surface area contributed by atoms with E-state index in [2.05, 4.69) is 4.98 Å². The SMILES string of the molecule is COC(=O)Cn1c(C)c(-c2ccc(=O)[nH]c2)c2cc(Cl)ccc21. The molecule has 2 aromatic heterocycles. The monoisotopic (exact) mass is 330 g/mol. The van der Waals surface area contributed by atoms with Gasteiger partial charge in [0, 0.05) is 45.0 Å². The molecule has 3 rings (SSSR count). The first kappa shape index (κ1) is 15.4. The molecule has 0 atom stereocenters. The molecule has 1 aromatic carbocycles. The smallest absolute Gasteiger partial charge is 0.325 e. The minimum Gasteiger partial charge on any atom is -0.468 e. The van der Waals surface area contributed by atoms with E-state index in [1.807, 2.05) is 23.6 Å². The van der Waals surface area contributed by atoms with Crippen molar-refractivity contribution in [3.8, 4) is 11.1 Å². The van der Waals surface area contributed by atoms with Crippen molar-refractivity contribution in [3.63, 3.8) is 0 Å². The summed E-state index contributed by atoms with van der Waals surface area (Å²) < 4.78 is 6.67. The second-order valence-corrected chi connectivity index (χ2v) is 5.66. The summed E-state index contributed by atoms with van der Waals surface area (Å²) in [6, 6.07) is 8.75. The molecule has 0 aliphatic heterocycles. The summed E-state index contributed by atoms with van der Waals surface area (Å²) in [6.45, 7) is 2.04. The lowest BCUT2D eigenvalue weighted by Gasteiger charge is -2.07. The summed E-state index contributed by atoms with van der Waals surface area (Å²) in [4.78, 5) is 25.7. The van der Waals surface area contributed by atoms with Crippen molar-refractivity contribution >= 4 is 28.5 Å². The molecule has 3 aromatic rings. The fourth-order valence-electron chi connectivity index (χ4n) is 2.78. The minimum absolute atomic E-state index is 0.115. The molecule has 0 saturated heterocycles. The summed E-state index contributed by atoms with van der Waals surface area (Å²) >= 11 is 6.14. The maximum Gasteiger partial charge on any atom is 0.325 e. The number of aromatic amines is 1. The number of esters is 1. The molecular formula is C17H15ClN2O3. The van der Waals surface area contributed by atoms with Gasteiger partial charge in [-0.25, -0.2) is 0 Å². The topological polar surface area (TPSA) is 64.1 Å². The maximum atomic E-state index is 11.7. The van der Waals surface area contributed by atoms with Gasteiger partial charge in [-0.3, -0.25) is 9.59 Å². The molecule has 0 saturated carbocycles. The average molecular weight is 331 g/mol. The van der Waals surface area contributed by atoms with Crippen LogP contribution in [0.2, 0.25) is 5.02 Å². The van der Waals surface area contributed by atoms with Gasteiger partial charge in [0.2, 0.25) is 5.56 Å². The van der Waals surface area contributed by atoms with Crippen LogP contribution in [0.1, 0.15) is 5.69 Å². The number of halogens is 1. The van der Waals surface area contributed by atoms with Crippen molar-refractivity contribution in [2.45, 2.75) is 13.5 Å². The fourth-order valence-corrected chi connectivity index (χ4v) is 2.95. The molecular weight excluding hydrogens is 316 g/mol. The second-order valence-electron chi connectivity index (χ2n) is 5.23. The Hall–Kier alpha value is -2.53. The number of carbonyl (C=O) groups is 1. The van der Waals surface area contributed by atoms with Gasteiger partial charge in [-0.05, 0) is 31.2 Å². The molecule has 118 valence electrons. The predicted molar refractivity (Wildman–Crippen MR) is 89.8 cm³/mol. The van der Waals surface area contributed by atoms with Crippen molar-refractivity contribution in [3.05, 3.63) is 57.6 Å². The number of nitrogens with one attached hydrogen (secondary N) is 1. The molecule has 0 aliphatic carbocycles. The van der Waals surface area contributed by atoms with Crippen LogP contribution in [0.15, 0.2) is 41.3 Å². The molecule has 23 heavy (non-hydrogen) atoms. The number of ether oxygens (including phenoxy) is 1. The summed E-state index contributed by atoms with van der Waals surface area (Å²) in [7, 11) is 1.36. The first-order valence-electron chi connectivity index (χ1n) is 7.05. The summed E-state index contributed by atoms with van der Waals surface area (Å²) in [6.07, 6.45) is 1.66. The van der Waals surface area contributed by atoms with Crippen LogP contribution in [0.4, 0.5) is 0 Å². The number of methoxy groups -OCH3 is 1. The Labute approximate surface area is 137 Å². The predicted octanol–water partition coefficient (Wildman–Crippen LogP) is 3.13. The van der Waals surface area contributed by atoms with Crippen molar-refractivity contribution in [2.24, 2.45) is 0 Å². The van der Waals surface area contributed by atoms with E-state index >= 15 is 0 Å². The van der Waals surface area contributed by atoms with E-state index in [1.54, 1.807) is 18.3 Å². The number of fused-ring (bicyclic) bond motifs is 1. The molecule has 0 unspecified atom stereocenters. The van der Waals surface area contributed by atoms with Gasteiger partial charge in [0.1, 0.15) is 6.54 Å². The lowest BCUT2D eigenvalue weighted by atomic mass is 10.0. The van der Waals surface area contributed by atoms with Crippen LogP contribution in [0, 0.1) is 6.92 Å². The van der Waals surface area contributed by atoms with Crippen molar-refractivity contribution in [2.75, 3.05) is 7.11 Å². The Morgan fingerprint density at radius 2 is 2.09 bits per heavy atom. The van der Waals surface area contributed by atoms with E-state index in [1.165, 1.54) is 13.2 Å². The number of benzene rings is 1. The number of pyridine rings is 1. The molecule has 0 spiro atoms. The zero-order valence-electron chi connectivity index (χ0n) is 12.7. The molecule has 0 radical (unpaired) electrons. The normalized spacial score (nSPS) is 10.9. The number of rotatable bonds is 3. The van der Waals surface area contributed by atoms with Crippen LogP contribution in [-0.4, -0.2) is 22.6 Å². The van der Waals surface area contributed by atoms with E-state index in [0.29, 0.717) is 5.02 Å². The number of carbonyl (C=O) groups excluding carboxylic acids is 1. The molecule has 6 heteroatoms. The van der Waals surface area contributed by atoms with E-state index in [-0.39, 0.29) is 18.1 Å². The van der Waals surface area contributed by atoms with E-state index in [9.17, 15) is 9.59 Å². The molecule has 0 amide bonds. The van der Waals surface area contributed by atoms with Crippen LogP contribution in [-0.2, 0) is 16.1 Å². The quantitative estimate of drug-likeness (QED) is 0.750. The Balaban J connectivity index is 2.30. The lowest BCUT2D eigenvalue weighted by Crippen LogP contribution is -2.12. The van der Waals surface area contributed by atoms with Crippen LogP contribution in [0.5, 0.6) is 0 Å². The third kappa shape index (κ3) is 2.75. The van der Waals surface area contributed by atoms with Crippen LogP contribution >= 0.6 is 11.6 Å². The van der Waals surface area contributed by atoms with Gasteiger partial charge in [0.05, 0.1) is 7.11 Å². The molecule has 0 aliphatic rings. The Morgan fingerprint density at radius 3 is 2.74 bits per heavy atom. The Kier molecular flexibility index (Phi) is 3.96. The van der Waals surface area contributed by atoms with Gasteiger partial charge >= 0.3 is 5.97 Å². The number of hydrogen-bond acceptors (Lipinski definition) is 3. The zero-order valence-corrected chi connectivity index (χ0v) is 13.5. The van der Waals surface area contributed by atoms with Crippen LogP contribution in [0.3, 0.4) is 0 Å². The lowest BCUT2D eigenvalue weighted by molar-refractivity contribution is -0.141. The summed E-state index contributed by atoms with van der Waals surface area (Å²) in [5.74, 6) is -0.326. The van der Waals surface area contributed by atoms with Gasteiger partial charge in [-0.1, -0.05) is 11.6 Å². The van der Waals surface area contributed by atoms with Crippen molar-refractivity contribution in [1.82, 2.24) is 9.55 Å². The average Bonchev–Trinajstić information content (AvgIpc) is 2.80.